The minimum Gasteiger partial charge on any atom is -0.494 e. The first-order valence-electron chi connectivity index (χ1n) is 12.2. The third-order valence-electron chi connectivity index (χ3n) is 6.98. The molecule has 0 N–H and O–H groups in total. The summed E-state index contributed by atoms with van der Waals surface area (Å²) in [7, 11) is 1.44. The molecule has 0 radical (unpaired) electrons. The lowest BCUT2D eigenvalue weighted by atomic mass is 9.94. The van der Waals surface area contributed by atoms with Crippen LogP contribution in [0.4, 0.5) is 4.39 Å². The van der Waals surface area contributed by atoms with Gasteiger partial charge in [-0.1, -0.05) is 30.3 Å². The van der Waals surface area contributed by atoms with Gasteiger partial charge in [-0.2, -0.15) is 0 Å². The number of ether oxygens (including phenoxy) is 1. The van der Waals surface area contributed by atoms with Crippen LogP contribution in [0.3, 0.4) is 0 Å². The first kappa shape index (κ1) is 23.9. The van der Waals surface area contributed by atoms with Gasteiger partial charge < -0.3 is 9.64 Å². The number of benzene rings is 3. The Morgan fingerprint density at radius 2 is 1.61 bits per heavy atom. The number of hydrogen-bond acceptors (Lipinski definition) is 5. The van der Waals surface area contributed by atoms with Crippen molar-refractivity contribution in [1.29, 1.82) is 0 Å². The normalized spacial score (nSPS) is 16.1. The number of hydrogen-bond donors (Lipinski definition) is 0. The van der Waals surface area contributed by atoms with Gasteiger partial charge in [-0.25, -0.2) is 4.39 Å². The van der Waals surface area contributed by atoms with E-state index in [1.165, 1.54) is 18.1 Å². The zero-order valence-corrected chi connectivity index (χ0v) is 20.2. The van der Waals surface area contributed by atoms with Crippen LogP contribution < -0.4 is 4.74 Å². The molecule has 2 heterocycles. The molecule has 1 saturated heterocycles. The lowest BCUT2D eigenvalue weighted by Gasteiger charge is -2.35. The van der Waals surface area contributed by atoms with Crippen LogP contribution in [0.15, 0.2) is 54.6 Å². The second kappa shape index (κ2) is 10.1. The van der Waals surface area contributed by atoms with E-state index in [2.05, 4.69) is 4.90 Å². The molecule has 3 aromatic rings. The van der Waals surface area contributed by atoms with Gasteiger partial charge in [-0.15, -0.1) is 0 Å². The molecule has 186 valence electrons. The fourth-order valence-corrected chi connectivity index (χ4v) is 5.05. The summed E-state index contributed by atoms with van der Waals surface area (Å²) >= 11 is 0. The van der Waals surface area contributed by atoms with Crippen molar-refractivity contribution in [2.24, 2.45) is 0 Å². The number of carbonyl (C=O) groups excluding carboxylic acids is 3. The summed E-state index contributed by atoms with van der Waals surface area (Å²) in [5, 5.41) is 1.58. The van der Waals surface area contributed by atoms with Crippen molar-refractivity contribution < 1.29 is 23.5 Å². The van der Waals surface area contributed by atoms with E-state index >= 15 is 0 Å². The Hall–Kier alpha value is -3.78. The van der Waals surface area contributed by atoms with Crippen LogP contribution in [0.2, 0.25) is 0 Å². The standard InChI is InChI=1S/C28H28FN3O4/c1-36-24-11-10-19(17-23(24)29)18-30-13-15-31(16-14-30)25(33)9-4-12-32-27(34)21-7-2-5-20-6-3-8-22(26(20)21)28(32)35/h2-3,5-8,10-11,17H,4,9,12-16,18H2,1H3. The predicted octanol–water partition coefficient (Wildman–Crippen LogP) is 3.71. The second-order valence-corrected chi connectivity index (χ2v) is 9.20. The van der Waals surface area contributed by atoms with Gasteiger partial charge in [0, 0.05) is 62.2 Å². The Labute approximate surface area is 209 Å². The molecule has 0 atom stereocenters. The Bertz CT molecular complexity index is 1280. The third-order valence-corrected chi connectivity index (χ3v) is 6.98. The van der Waals surface area contributed by atoms with Crippen LogP contribution in [0.25, 0.3) is 10.8 Å². The molecule has 0 bridgehead atoms. The molecule has 3 amide bonds. The first-order chi connectivity index (χ1) is 17.5. The number of carbonyl (C=O) groups is 3. The smallest absolute Gasteiger partial charge is 0.261 e. The van der Waals surface area contributed by atoms with Crippen LogP contribution >= 0.6 is 0 Å². The summed E-state index contributed by atoms with van der Waals surface area (Å²) in [6.07, 6.45) is 0.687. The molecule has 0 aromatic heterocycles. The van der Waals surface area contributed by atoms with E-state index in [0.717, 1.165) is 10.9 Å². The van der Waals surface area contributed by atoms with Gasteiger partial charge in [-0.05, 0) is 41.6 Å². The third kappa shape index (κ3) is 4.56. The maximum Gasteiger partial charge on any atom is 0.261 e. The van der Waals surface area contributed by atoms with Gasteiger partial charge in [0.2, 0.25) is 5.91 Å². The van der Waals surface area contributed by atoms with Gasteiger partial charge in [0.25, 0.3) is 11.8 Å². The van der Waals surface area contributed by atoms with E-state index in [1.807, 2.05) is 35.2 Å². The number of rotatable bonds is 7. The topological polar surface area (TPSA) is 70.2 Å². The highest BCUT2D eigenvalue weighted by Gasteiger charge is 2.32. The van der Waals surface area contributed by atoms with Crippen molar-refractivity contribution in [1.82, 2.24) is 14.7 Å². The van der Waals surface area contributed by atoms with Crippen LogP contribution in [0.1, 0.15) is 39.1 Å². The van der Waals surface area contributed by atoms with Crippen molar-refractivity contribution in [3.8, 4) is 5.75 Å². The van der Waals surface area contributed by atoms with E-state index in [4.69, 9.17) is 4.74 Å². The largest absolute Gasteiger partial charge is 0.494 e. The van der Waals surface area contributed by atoms with Crippen LogP contribution in [0.5, 0.6) is 5.75 Å². The molecule has 0 saturated carbocycles. The zero-order valence-electron chi connectivity index (χ0n) is 20.2. The zero-order chi connectivity index (χ0) is 25.2. The molecule has 1 fully saturated rings. The molecule has 5 rings (SSSR count). The second-order valence-electron chi connectivity index (χ2n) is 9.20. The molecule has 7 nitrogen and oxygen atoms in total. The van der Waals surface area contributed by atoms with E-state index < -0.39 is 0 Å². The molecule has 2 aliphatic rings. The quantitative estimate of drug-likeness (QED) is 0.474. The Morgan fingerprint density at radius 1 is 0.944 bits per heavy atom. The summed E-state index contributed by atoms with van der Waals surface area (Å²) in [5.41, 5.74) is 1.92. The highest BCUT2D eigenvalue weighted by Crippen LogP contribution is 2.30. The summed E-state index contributed by atoms with van der Waals surface area (Å²) < 4.78 is 18.9. The molecular weight excluding hydrogens is 461 g/mol. The molecule has 3 aromatic carbocycles. The highest BCUT2D eigenvalue weighted by atomic mass is 19.1. The number of halogens is 1. The molecule has 36 heavy (non-hydrogen) atoms. The average Bonchev–Trinajstić information content (AvgIpc) is 2.89. The average molecular weight is 490 g/mol. The van der Waals surface area contributed by atoms with Crippen LogP contribution in [-0.4, -0.2) is 72.3 Å². The van der Waals surface area contributed by atoms with Crippen LogP contribution in [-0.2, 0) is 11.3 Å². The van der Waals surface area contributed by atoms with Gasteiger partial charge in [0.15, 0.2) is 11.6 Å². The fraction of sp³-hybridized carbons (Fsp3) is 0.321. The molecule has 0 unspecified atom stereocenters. The lowest BCUT2D eigenvalue weighted by molar-refractivity contribution is -0.133. The number of piperazine rings is 1. The van der Waals surface area contributed by atoms with Gasteiger partial charge in [-0.3, -0.25) is 24.2 Å². The van der Waals surface area contributed by atoms with Crippen LogP contribution in [0, 0.1) is 5.82 Å². The number of nitrogens with zero attached hydrogens (tertiary/aromatic N) is 3. The van der Waals surface area contributed by atoms with E-state index in [0.29, 0.717) is 55.7 Å². The van der Waals surface area contributed by atoms with E-state index in [-0.39, 0.29) is 42.3 Å². The minimum atomic E-state index is -0.380. The first-order valence-corrected chi connectivity index (χ1v) is 12.2. The Morgan fingerprint density at radius 3 is 2.22 bits per heavy atom. The molecule has 8 heteroatoms. The van der Waals surface area contributed by atoms with Gasteiger partial charge in [0.1, 0.15) is 0 Å². The van der Waals surface area contributed by atoms with Crippen molar-refractivity contribution in [2.45, 2.75) is 19.4 Å². The van der Waals surface area contributed by atoms with E-state index in [1.54, 1.807) is 18.2 Å². The summed E-state index contributed by atoms with van der Waals surface area (Å²) in [5.74, 6) is -0.747. The molecule has 0 aliphatic carbocycles. The summed E-state index contributed by atoms with van der Waals surface area (Å²) in [4.78, 5) is 44.1. The molecule has 0 spiro atoms. The Balaban J connectivity index is 1.12. The summed E-state index contributed by atoms with van der Waals surface area (Å²) in [6, 6.07) is 15.9. The lowest BCUT2D eigenvalue weighted by Crippen LogP contribution is -2.48. The molecular formula is C28H28FN3O4. The molecule has 2 aliphatic heterocycles. The summed E-state index contributed by atoms with van der Waals surface area (Å²) in [6.45, 7) is 3.39. The maximum atomic E-state index is 14.0. The maximum absolute atomic E-state index is 14.0. The van der Waals surface area contributed by atoms with Crippen molar-refractivity contribution in [2.75, 3.05) is 39.8 Å². The number of amides is 3. The monoisotopic (exact) mass is 489 g/mol. The number of methoxy groups -OCH3 is 1. The number of imide groups is 1. The van der Waals surface area contributed by atoms with Gasteiger partial charge in [0.05, 0.1) is 7.11 Å². The SMILES string of the molecule is COc1ccc(CN2CCN(C(=O)CCCN3C(=O)c4cccc5cccc(c45)C3=O)CC2)cc1F. The minimum absolute atomic E-state index is 0.0181. The highest BCUT2D eigenvalue weighted by molar-refractivity contribution is 6.25. The van der Waals surface area contributed by atoms with Crippen molar-refractivity contribution in [3.63, 3.8) is 0 Å². The van der Waals surface area contributed by atoms with Crippen molar-refractivity contribution >= 4 is 28.5 Å². The van der Waals surface area contributed by atoms with Crippen molar-refractivity contribution in [3.05, 3.63) is 77.1 Å². The fourth-order valence-electron chi connectivity index (χ4n) is 5.05. The van der Waals surface area contributed by atoms with Gasteiger partial charge >= 0.3 is 0 Å². The van der Waals surface area contributed by atoms with E-state index in [9.17, 15) is 18.8 Å². The Kier molecular flexibility index (Phi) is 6.69. The predicted molar refractivity (Wildman–Crippen MR) is 133 cm³/mol.